The summed E-state index contributed by atoms with van der Waals surface area (Å²) in [6, 6.07) is 0. The molecule has 0 N–H and O–H groups in total. The van der Waals surface area contributed by atoms with E-state index in [0.717, 1.165) is 51.4 Å². The lowest BCUT2D eigenvalue weighted by molar-refractivity contribution is -0.149. The molecule has 0 fully saturated rings. The zero-order valence-corrected chi connectivity index (χ0v) is 18.8. The van der Waals surface area contributed by atoms with Crippen LogP contribution < -0.4 is 0 Å². The Hall–Kier alpha value is -1.32. The van der Waals surface area contributed by atoms with Crippen LogP contribution in [0.4, 0.5) is 0 Å². The van der Waals surface area contributed by atoms with Crippen molar-refractivity contribution in [3.8, 4) is 0 Å². The number of rotatable bonds is 18. The summed E-state index contributed by atoms with van der Waals surface area (Å²) in [6.45, 7) is 7.93. The number of ether oxygens (including phenoxy) is 2. The lowest BCUT2D eigenvalue weighted by atomic mass is 10.1. The highest BCUT2D eigenvalue weighted by molar-refractivity contribution is 5.69. The third-order valence-electron chi connectivity index (χ3n) is 4.99. The lowest BCUT2D eigenvalue weighted by Gasteiger charge is -2.10. The van der Waals surface area contributed by atoms with Crippen molar-refractivity contribution in [1.29, 1.82) is 0 Å². The second-order valence-corrected chi connectivity index (χ2v) is 7.79. The Bertz CT molecular complexity index is 379. The lowest BCUT2D eigenvalue weighted by Crippen LogP contribution is -2.13. The van der Waals surface area contributed by atoms with Crippen LogP contribution in [-0.4, -0.2) is 24.1 Å². The molecule has 0 aliphatic rings. The topological polar surface area (TPSA) is 52.6 Å². The molecule has 0 aromatic carbocycles. The van der Waals surface area contributed by atoms with Gasteiger partial charge in [0.1, 0.15) is 0 Å². The van der Waals surface area contributed by atoms with Crippen LogP contribution in [0, 0.1) is 0 Å². The standard InChI is InChI=1S/C24H44O4/c1-5-21(3)27-23(25)19-17-15-13-11-9-7-8-10-12-14-16-18-20-24(26)28-22(4)6-2/h7-8,21-22H,5-6,9-20H2,1-4H3/b8-7+. The summed E-state index contributed by atoms with van der Waals surface area (Å²) in [4.78, 5) is 23.1. The minimum absolute atomic E-state index is 0.0451. The first kappa shape index (κ1) is 26.7. The third kappa shape index (κ3) is 18.1. The highest BCUT2D eigenvalue weighted by Gasteiger charge is 2.07. The van der Waals surface area contributed by atoms with Crippen molar-refractivity contribution in [1.82, 2.24) is 0 Å². The molecule has 28 heavy (non-hydrogen) atoms. The number of allylic oxidation sites excluding steroid dienone is 2. The van der Waals surface area contributed by atoms with Crippen molar-refractivity contribution in [2.24, 2.45) is 0 Å². The predicted molar refractivity (Wildman–Crippen MR) is 116 cm³/mol. The van der Waals surface area contributed by atoms with Crippen LogP contribution in [0.1, 0.15) is 118 Å². The van der Waals surface area contributed by atoms with Gasteiger partial charge in [0, 0.05) is 12.8 Å². The monoisotopic (exact) mass is 396 g/mol. The summed E-state index contributed by atoms with van der Waals surface area (Å²) in [5.41, 5.74) is 0. The molecule has 0 aliphatic carbocycles. The first-order valence-electron chi connectivity index (χ1n) is 11.5. The van der Waals surface area contributed by atoms with E-state index in [1.165, 1.54) is 25.7 Å². The second-order valence-electron chi connectivity index (χ2n) is 7.79. The molecule has 4 nitrogen and oxygen atoms in total. The van der Waals surface area contributed by atoms with Crippen molar-refractivity contribution in [3.05, 3.63) is 12.2 Å². The van der Waals surface area contributed by atoms with Gasteiger partial charge in [0.25, 0.3) is 0 Å². The first-order chi connectivity index (χ1) is 13.5. The summed E-state index contributed by atoms with van der Waals surface area (Å²) in [5, 5.41) is 0. The maximum atomic E-state index is 11.5. The van der Waals surface area contributed by atoms with Gasteiger partial charge in [-0.1, -0.05) is 51.7 Å². The van der Waals surface area contributed by atoms with E-state index in [-0.39, 0.29) is 24.1 Å². The van der Waals surface area contributed by atoms with Crippen LogP contribution in [-0.2, 0) is 19.1 Å². The number of unbranched alkanes of at least 4 members (excludes halogenated alkanes) is 8. The molecule has 4 heteroatoms. The quantitative estimate of drug-likeness (QED) is 0.143. The highest BCUT2D eigenvalue weighted by atomic mass is 16.5. The van der Waals surface area contributed by atoms with E-state index in [0.29, 0.717) is 12.8 Å². The Morgan fingerprint density at radius 2 is 1.00 bits per heavy atom. The summed E-state index contributed by atoms with van der Waals surface area (Å²) >= 11 is 0. The smallest absolute Gasteiger partial charge is 0.306 e. The van der Waals surface area contributed by atoms with E-state index in [1.54, 1.807) is 0 Å². The van der Waals surface area contributed by atoms with Gasteiger partial charge in [0.2, 0.25) is 0 Å². The number of carbonyl (C=O) groups is 2. The molecule has 0 spiro atoms. The molecular formula is C24H44O4. The highest BCUT2D eigenvalue weighted by Crippen LogP contribution is 2.10. The van der Waals surface area contributed by atoms with Gasteiger partial charge in [-0.05, 0) is 65.2 Å². The third-order valence-corrected chi connectivity index (χ3v) is 4.99. The molecule has 0 amide bonds. The van der Waals surface area contributed by atoms with Crippen LogP contribution in [0.3, 0.4) is 0 Å². The Morgan fingerprint density at radius 1 is 0.643 bits per heavy atom. The fourth-order valence-corrected chi connectivity index (χ4v) is 2.74. The number of esters is 2. The van der Waals surface area contributed by atoms with Gasteiger partial charge in [-0.3, -0.25) is 9.59 Å². The molecule has 164 valence electrons. The first-order valence-corrected chi connectivity index (χ1v) is 11.5. The normalized spacial score (nSPS) is 13.4. The van der Waals surface area contributed by atoms with E-state index in [9.17, 15) is 9.59 Å². The van der Waals surface area contributed by atoms with Crippen molar-refractivity contribution in [3.63, 3.8) is 0 Å². The zero-order valence-electron chi connectivity index (χ0n) is 18.8. The largest absolute Gasteiger partial charge is 0.463 e. The average Bonchev–Trinajstić information content (AvgIpc) is 2.67. The Labute approximate surface area is 173 Å². The number of hydrogen-bond acceptors (Lipinski definition) is 4. The molecule has 2 atom stereocenters. The van der Waals surface area contributed by atoms with E-state index in [2.05, 4.69) is 12.2 Å². The van der Waals surface area contributed by atoms with Gasteiger partial charge in [0.15, 0.2) is 0 Å². The van der Waals surface area contributed by atoms with E-state index < -0.39 is 0 Å². The summed E-state index contributed by atoms with van der Waals surface area (Å²) < 4.78 is 10.5. The fourth-order valence-electron chi connectivity index (χ4n) is 2.74. The Morgan fingerprint density at radius 3 is 1.36 bits per heavy atom. The van der Waals surface area contributed by atoms with Crippen LogP contribution >= 0.6 is 0 Å². The number of hydrogen-bond donors (Lipinski definition) is 0. The van der Waals surface area contributed by atoms with Crippen LogP contribution in [0.25, 0.3) is 0 Å². The molecule has 0 rings (SSSR count). The maximum absolute atomic E-state index is 11.5. The Kier molecular flexibility index (Phi) is 18.1. The van der Waals surface area contributed by atoms with Gasteiger partial charge < -0.3 is 9.47 Å². The van der Waals surface area contributed by atoms with E-state index in [1.807, 2.05) is 27.7 Å². The minimum Gasteiger partial charge on any atom is -0.463 e. The van der Waals surface area contributed by atoms with Gasteiger partial charge >= 0.3 is 11.9 Å². The van der Waals surface area contributed by atoms with Crippen molar-refractivity contribution < 1.29 is 19.1 Å². The molecular weight excluding hydrogens is 352 g/mol. The summed E-state index contributed by atoms with van der Waals surface area (Å²) in [7, 11) is 0. The SMILES string of the molecule is CCC(C)OC(=O)CCCCCC/C=C/CCCCCCC(=O)OC(C)CC. The molecule has 0 saturated heterocycles. The predicted octanol–water partition coefficient (Wildman–Crippen LogP) is 6.91. The van der Waals surface area contributed by atoms with Gasteiger partial charge in [-0.25, -0.2) is 0 Å². The Balaban J connectivity index is 3.34. The van der Waals surface area contributed by atoms with Crippen LogP contribution in [0.5, 0.6) is 0 Å². The maximum Gasteiger partial charge on any atom is 0.306 e. The molecule has 2 unspecified atom stereocenters. The van der Waals surface area contributed by atoms with Gasteiger partial charge in [-0.15, -0.1) is 0 Å². The van der Waals surface area contributed by atoms with Crippen molar-refractivity contribution in [2.45, 2.75) is 130 Å². The van der Waals surface area contributed by atoms with E-state index in [4.69, 9.17) is 9.47 Å². The van der Waals surface area contributed by atoms with Crippen molar-refractivity contribution >= 4 is 11.9 Å². The zero-order chi connectivity index (χ0) is 21.0. The summed E-state index contributed by atoms with van der Waals surface area (Å²) in [5.74, 6) is -0.108. The molecule has 0 saturated carbocycles. The molecule has 0 bridgehead atoms. The molecule has 0 radical (unpaired) electrons. The molecule has 0 heterocycles. The van der Waals surface area contributed by atoms with Crippen LogP contribution in [0.15, 0.2) is 12.2 Å². The van der Waals surface area contributed by atoms with Crippen LogP contribution in [0.2, 0.25) is 0 Å². The van der Waals surface area contributed by atoms with E-state index >= 15 is 0 Å². The molecule has 0 aliphatic heterocycles. The average molecular weight is 397 g/mol. The number of carbonyl (C=O) groups excluding carboxylic acids is 2. The summed E-state index contributed by atoms with van der Waals surface area (Å²) in [6.07, 6.45) is 18.6. The second kappa shape index (κ2) is 19.0. The van der Waals surface area contributed by atoms with Gasteiger partial charge in [-0.2, -0.15) is 0 Å². The molecule has 0 aromatic rings. The fraction of sp³-hybridized carbons (Fsp3) is 0.833. The van der Waals surface area contributed by atoms with Gasteiger partial charge in [0.05, 0.1) is 12.2 Å². The minimum atomic E-state index is -0.0540. The molecule has 0 aromatic heterocycles. The van der Waals surface area contributed by atoms with Crippen molar-refractivity contribution in [2.75, 3.05) is 0 Å².